The lowest BCUT2D eigenvalue weighted by molar-refractivity contribution is -0.137. The average molecular weight is 531 g/mol. The molecule has 3 aromatic rings. The highest BCUT2D eigenvalue weighted by Crippen LogP contribution is 2.39. The lowest BCUT2D eigenvalue weighted by Gasteiger charge is -2.45. The van der Waals surface area contributed by atoms with Crippen molar-refractivity contribution >= 4 is 23.2 Å². The van der Waals surface area contributed by atoms with Crippen LogP contribution in [0.4, 0.5) is 35.2 Å². The number of hydrogen-bond donors (Lipinski definition) is 3. The topological polar surface area (TPSA) is 137 Å². The van der Waals surface area contributed by atoms with E-state index in [1.807, 2.05) is 0 Å². The molecule has 2 amide bonds. The number of aromatic nitrogens is 4. The Morgan fingerprint density at radius 1 is 1.26 bits per heavy atom. The highest BCUT2D eigenvalue weighted by atomic mass is 19.4. The van der Waals surface area contributed by atoms with Gasteiger partial charge in [0.2, 0.25) is 5.88 Å². The molecule has 0 spiro atoms. The molecule has 1 aromatic carbocycles. The van der Waals surface area contributed by atoms with Crippen LogP contribution in [-0.4, -0.2) is 74.9 Å². The van der Waals surface area contributed by atoms with Gasteiger partial charge in [0, 0.05) is 24.7 Å². The van der Waals surface area contributed by atoms with Crippen LogP contribution in [0, 0.1) is 0 Å². The number of anilines is 3. The second-order valence-corrected chi connectivity index (χ2v) is 8.95. The Kier molecular flexibility index (Phi) is 6.99. The Morgan fingerprint density at radius 3 is 2.89 bits per heavy atom. The third kappa shape index (κ3) is 5.31. The first kappa shape index (κ1) is 25.6. The number of fused-ring (bicyclic) bond motifs is 4. The summed E-state index contributed by atoms with van der Waals surface area (Å²) < 4.78 is 45.1. The van der Waals surface area contributed by atoms with Gasteiger partial charge >= 0.3 is 12.2 Å². The van der Waals surface area contributed by atoms with Gasteiger partial charge < -0.3 is 25.2 Å². The lowest BCUT2D eigenvalue weighted by atomic mass is 10.0. The van der Waals surface area contributed by atoms with Crippen LogP contribution in [0.25, 0.3) is 11.4 Å². The van der Waals surface area contributed by atoms with Crippen molar-refractivity contribution in [2.75, 3.05) is 41.4 Å². The van der Waals surface area contributed by atoms with E-state index in [-0.39, 0.29) is 35.6 Å². The van der Waals surface area contributed by atoms with Gasteiger partial charge in [-0.25, -0.2) is 14.8 Å². The van der Waals surface area contributed by atoms with Crippen LogP contribution in [0.3, 0.4) is 0 Å². The average Bonchev–Trinajstić information content (AvgIpc) is 2.91. The van der Waals surface area contributed by atoms with Gasteiger partial charge in [-0.1, -0.05) is 12.1 Å². The number of halogens is 3. The molecular formula is C24H24F3N7O4. The number of nitrogens with one attached hydrogen (secondary N) is 1. The molecule has 0 saturated carbocycles. The number of urea groups is 1. The van der Waals surface area contributed by atoms with Crippen LogP contribution < -0.4 is 19.9 Å². The molecule has 1 unspecified atom stereocenters. The number of amides is 2. The number of aliphatic hydroxyl groups is 2. The summed E-state index contributed by atoms with van der Waals surface area (Å²) in [6, 6.07) is 5.42. The minimum absolute atomic E-state index is 0.0346. The first-order chi connectivity index (χ1) is 18.2. The van der Waals surface area contributed by atoms with E-state index in [9.17, 15) is 23.1 Å². The fourth-order valence-electron chi connectivity index (χ4n) is 4.46. The van der Waals surface area contributed by atoms with Crippen LogP contribution in [-0.2, 0) is 6.18 Å². The molecule has 2 aliphatic heterocycles. The molecule has 0 radical (unpaired) electrons. The Labute approximate surface area is 214 Å². The number of hydrogen-bond acceptors (Lipinski definition) is 9. The third-order valence-corrected chi connectivity index (χ3v) is 6.27. The van der Waals surface area contributed by atoms with E-state index in [2.05, 4.69) is 30.4 Å². The second kappa shape index (κ2) is 10.4. The molecule has 2 aromatic heterocycles. The summed E-state index contributed by atoms with van der Waals surface area (Å²) in [7, 11) is 0. The summed E-state index contributed by atoms with van der Waals surface area (Å²) in [6.45, 7) is 0.616. The van der Waals surface area contributed by atoms with Gasteiger partial charge in [-0.2, -0.15) is 18.3 Å². The summed E-state index contributed by atoms with van der Waals surface area (Å²) >= 11 is 0. The Hall–Kier alpha value is -4.04. The van der Waals surface area contributed by atoms with Crippen molar-refractivity contribution in [1.29, 1.82) is 0 Å². The standard InChI is InChI=1S/C24H24F3N7O4/c25-24(26,27)15-4-1-3-14(7-15)21-28-10-19-22(31-21)34(17-5-2-6-33(19)11-17)23(37)30-16-8-20(32-29-9-16)38-13-18(36)12-35/h1,3-4,7-10,17-18,35-36H,2,5-6,11-13H2,(H,30,32,37)/t17-,18?/m0/s1. The minimum atomic E-state index is -4.52. The first-order valence-corrected chi connectivity index (χ1v) is 11.9. The zero-order chi connectivity index (χ0) is 26.9. The van der Waals surface area contributed by atoms with E-state index in [1.165, 1.54) is 35.5 Å². The third-order valence-electron chi connectivity index (χ3n) is 6.27. The fraction of sp³-hybridized carbons (Fsp3) is 0.375. The minimum Gasteiger partial charge on any atom is -0.474 e. The van der Waals surface area contributed by atoms with E-state index in [1.54, 1.807) is 0 Å². The van der Waals surface area contributed by atoms with E-state index in [0.29, 0.717) is 24.5 Å². The molecule has 200 valence electrons. The largest absolute Gasteiger partial charge is 0.474 e. The van der Waals surface area contributed by atoms with Crippen LogP contribution in [0.15, 0.2) is 42.7 Å². The van der Waals surface area contributed by atoms with Crippen molar-refractivity contribution in [2.24, 2.45) is 0 Å². The van der Waals surface area contributed by atoms with E-state index < -0.39 is 30.5 Å². The van der Waals surface area contributed by atoms with Crippen LogP contribution in [0.5, 0.6) is 5.88 Å². The normalized spacial score (nSPS) is 17.6. The van der Waals surface area contributed by atoms with Crippen molar-refractivity contribution in [2.45, 2.75) is 31.2 Å². The SMILES string of the molecule is O=C(Nc1cnnc(OCC(O)CO)c1)N1c2nc(-c3cccc(C(F)(F)F)c3)ncc2N2CCC[C@H]1C2. The van der Waals surface area contributed by atoms with Gasteiger partial charge in [0.1, 0.15) is 12.7 Å². The molecule has 5 rings (SSSR count). The van der Waals surface area contributed by atoms with E-state index in [0.717, 1.165) is 25.1 Å². The molecule has 2 atom stereocenters. The molecule has 0 aliphatic carbocycles. The van der Waals surface area contributed by atoms with Gasteiger partial charge in [-0.3, -0.25) is 4.90 Å². The molecule has 3 N–H and O–H groups in total. The smallest absolute Gasteiger partial charge is 0.416 e. The predicted molar refractivity (Wildman–Crippen MR) is 130 cm³/mol. The molecular weight excluding hydrogens is 507 g/mol. The van der Waals surface area contributed by atoms with Crippen molar-refractivity contribution in [3.05, 3.63) is 48.3 Å². The van der Waals surface area contributed by atoms with Crippen molar-refractivity contribution in [1.82, 2.24) is 20.2 Å². The quantitative estimate of drug-likeness (QED) is 0.439. The van der Waals surface area contributed by atoms with Crippen LogP contribution in [0.1, 0.15) is 18.4 Å². The number of benzene rings is 1. The van der Waals surface area contributed by atoms with Crippen LogP contribution >= 0.6 is 0 Å². The van der Waals surface area contributed by atoms with Crippen molar-refractivity contribution in [3.8, 4) is 17.3 Å². The van der Waals surface area contributed by atoms with E-state index >= 15 is 0 Å². The van der Waals surface area contributed by atoms with Crippen LogP contribution in [0.2, 0.25) is 0 Å². The number of rotatable bonds is 6. The fourth-order valence-corrected chi connectivity index (χ4v) is 4.46. The van der Waals surface area contributed by atoms with Gasteiger partial charge in [0.25, 0.3) is 0 Å². The van der Waals surface area contributed by atoms with E-state index in [4.69, 9.17) is 9.84 Å². The van der Waals surface area contributed by atoms with Gasteiger partial charge in [-0.15, -0.1) is 5.10 Å². The number of alkyl halides is 3. The number of piperidine rings is 1. The number of carbonyl (C=O) groups is 1. The van der Waals surface area contributed by atoms with Crippen molar-refractivity contribution in [3.63, 3.8) is 0 Å². The maximum absolute atomic E-state index is 13.5. The maximum Gasteiger partial charge on any atom is 0.416 e. The number of ether oxygens (including phenoxy) is 1. The summed E-state index contributed by atoms with van der Waals surface area (Å²) in [5, 5.41) is 28.7. The van der Waals surface area contributed by atoms with Gasteiger partial charge in [-0.05, 0) is 25.0 Å². The Balaban J connectivity index is 1.44. The molecule has 11 nitrogen and oxygen atoms in total. The van der Waals surface area contributed by atoms with Gasteiger partial charge in [0.15, 0.2) is 11.6 Å². The molecule has 14 heteroatoms. The molecule has 1 fully saturated rings. The predicted octanol–water partition coefficient (Wildman–Crippen LogP) is 2.71. The number of carbonyl (C=O) groups excluding carboxylic acids is 1. The second-order valence-electron chi connectivity index (χ2n) is 8.95. The highest BCUT2D eigenvalue weighted by molar-refractivity contribution is 6.04. The molecule has 2 aliphatic rings. The monoisotopic (exact) mass is 531 g/mol. The molecule has 38 heavy (non-hydrogen) atoms. The van der Waals surface area contributed by atoms with Crippen molar-refractivity contribution < 1.29 is 32.9 Å². The lowest BCUT2D eigenvalue weighted by Crippen LogP contribution is -2.56. The highest BCUT2D eigenvalue weighted by Gasteiger charge is 2.39. The molecule has 2 bridgehead atoms. The molecule has 4 heterocycles. The summed E-state index contributed by atoms with van der Waals surface area (Å²) in [5.41, 5.74) is 0.243. The maximum atomic E-state index is 13.5. The zero-order valence-electron chi connectivity index (χ0n) is 20.0. The molecule has 1 saturated heterocycles. The summed E-state index contributed by atoms with van der Waals surface area (Å²) in [6.07, 6.45) is -1.21. The number of aliphatic hydroxyl groups excluding tert-OH is 2. The zero-order valence-corrected chi connectivity index (χ0v) is 20.0. The van der Waals surface area contributed by atoms with Gasteiger partial charge in [0.05, 0.1) is 42.0 Å². The Bertz CT molecular complexity index is 1330. The number of nitrogens with zero attached hydrogens (tertiary/aromatic N) is 6. The summed E-state index contributed by atoms with van der Waals surface area (Å²) in [5.74, 6) is 0.398. The Morgan fingerprint density at radius 2 is 2.11 bits per heavy atom. The first-order valence-electron chi connectivity index (χ1n) is 11.9. The summed E-state index contributed by atoms with van der Waals surface area (Å²) in [4.78, 5) is 25.9.